The van der Waals surface area contributed by atoms with Crippen molar-refractivity contribution in [2.45, 2.75) is 23.6 Å². The predicted octanol–water partition coefficient (Wildman–Crippen LogP) is 9.84. The van der Waals surface area contributed by atoms with E-state index in [4.69, 9.17) is 0 Å². The van der Waals surface area contributed by atoms with E-state index in [1.165, 1.54) is 30.0 Å². The first-order chi connectivity index (χ1) is 25.9. The molecule has 1 aromatic heterocycles. The summed E-state index contributed by atoms with van der Waals surface area (Å²) in [6.45, 7) is 2.95. The molecule has 6 aromatic carbocycles. The van der Waals surface area contributed by atoms with Crippen LogP contribution in [0.25, 0.3) is 27.9 Å². The molecule has 0 aliphatic rings. The van der Waals surface area contributed by atoms with Crippen molar-refractivity contribution < 1.29 is 18.8 Å². The highest BCUT2D eigenvalue weighted by molar-refractivity contribution is 8.00. The summed E-state index contributed by atoms with van der Waals surface area (Å²) in [5.74, 6) is -1.90. The second-order valence-corrected chi connectivity index (χ2v) is 13.5. The molecule has 0 aliphatic carbocycles. The van der Waals surface area contributed by atoms with Gasteiger partial charge in [-0.1, -0.05) is 91.0 Å². The molecule has 9 heteroatoms. The van der Waals surface area contributed by atoms with E-state index in [1.807, 2.05) is 66.7 Å². The Kier molecular flexibility index (Phi) is 10.5. The fourth-order valence-electron chi connectivity index (χ4n) is 6.25. The average molecular weight is 719 g/mol. The number of anilines is 2. The van der Waals surface area contributed by atoms with Crippen LogP contribution in [-0.4, -0.2) is 22.3 Å². The number of rotatable bonds is 11. The van der Waals surface area contributed by atoms with Crippen LogP contribution in [0, 0.1) is 5.82 Å². The minimum atomic E-state index is -0.642. The normalized spacial score (nSPS) is 12.0. The largest absolute Gasteiger partial charge is 0.341 e. The van der Waals surface area contributed by atoms with Gasteiger partial charge in [-0.05, 0) is 79.2 Å². The number of thioether (sulfide) groups is 1. The van der Waals surface area contributed by atoms with E-state index in [2.05, 4.69) is 39.6 Å². The number of benzene rings is 6. The molecular formula is C44H35FN4O3S. The van der Waals surface area contributed by atoms with Gasteiger partial charge in [0.05, 0.1) is 0 Å². The number of amides is 3. The number of nitrogens with one attached hydrogen (secondary N) is 3. The third-order valence-electron chi connectivity index (χ3n) is 8.78. The molecule has 262 valence electrons. The smallest absolute Gasteiger partial charge is 0.272 e. The number of carbonyl (C=O) groups is 3. The van der Waals surface area contributed by atoms with E-state index in [0.717, 1.165) is 38.8 Å². The van der Waals surface area contributed by atoms with Crippen LogP contribution < -0.4 is 16.0 Å². The van der Waals surface area contributed by atoms with Crippen LogP contribution in [0.2, 0.25) is 0 Å². The average Bonchev–Trinajstić information content (AvgIpc) is 3.51. The Bertz CT molecular complexity index is 2480. The first-order valence-corrected chi connectivity index (χ1v) is 18.0. The molecule has 3 amide bonds. The molecule has 1 heterocycles. The van der Waals surface area contributed by atoms with Gasteiger partial charge in [-0.15, -0.1) is 11.8 Å². The summed E-state index contributed by atoms with van der Waals surface area (Å²) in [5, 5.41) is 10.2. The van der Waals surface area contributed by atoms with Crippen molar-refractivity contribution >= 4 is 68.7 Å². The Morgan fingerprint density at radius 3 is 2.15 bits per heavy atom. The number of hydrogen-bond acceptors (Lipinski definition) is 4. The Labute approximate surface area is 310 Å². The van der Waals surface area contributed by atoms with Gasteiger partial charge in [-0.3, -0.25) is 14.4 Å². The van der Waals surface area contributed by atoms with Crippen molar-refractivity contribution in [1.82, 2.24) is 9.88 Å². The topological polar surface area (TPSA) is 92.2 Å². The molecule has 7 nitrogen and oxygen atoms in total. The molecule has 0 spiro atoms. The molecule has 1 atom stereocenters. The number of hydrogen-bond donors (Lipinski definition) is 3. The lowest BCUT2D eigenvalue weighted by Gasteiger charge is -2.18. The summed E-state index contributed by atoms with van der Waals surface area (Å²) in [5.41, 5.74) is 4.53. The van der Waals surface area contributed by atoms with E-state index < -0.39 is 22.9 Å². The van der Waals surface area contributed by atoms with Crippen LogP contribution in [-0.2, 0) is 16.1 Å². The van der Waals surface area contributed by atoms with Crippen LogP contribution in [0.15, 0.2) is 162 Å². The highest BCUT2D eigenvalue weighted by Gasteiger charge is 2.23. The zero-order chi connectivity index (χ0) is 36.7. The molecule has 1 unspecified atom stereocenters. The fraction of sp³-hybridized carbons (Fsp3) is 0.0682. The van der Waals surface area contributed by atoms with Crippen molar-refractivity contribution in [3.63, 3.8) is 0 Å². The standard InChI is InChI=1S/C44H35FN4O3S/c1-2-49-39-23-12-10-21-35(39)36-28-33(24-25-40(36)49)47-44(52)41(29-14-5-3-6-15-29)53-34-20-13-19-32(27-34)46-43(51)38(26-31-18-9-11-22-37(31)45)48-42(50)30-16-7-4-8-17-30/h3-28,41H,2H2,1H3,(H,46,51)(H,47,52)(H,48,50)/b38-26-. The molecule has 53 heavy (non-hydrogen) atoms. The Morgan fingerprint density at radius 1 is 0.698 bits per heavy atom. The molecule has 0 fully saturated rings. The van der Waals surface area contributed by atoms with Crippen molar-refractivity contribution in [2.75, 3.05) is 10.6 Å². The van der Waals surface area contributed by atoms with Gasteiger partial charge in [0, 0.05) is 55.7 Å². The lowest BCUT2D eigenvalue weighted by atomic mass is 10.1. The lowest BCUT2D eigenvalue weighted by molar-refractivity contribution is -0.116. The minimum Gasteiger partial charge on any atom is -0.341 e. The summed E-state index contributed by atoms with van der Waals surface area (Å²) in [6, 6.07) is 45.3. The van der Waals surface area contributed by atoms with E-state index in [0.29, 0.717) is 16.9 Å². The fourth-order valence-corrected chi connectivity index (χ4v) is 7.34. The maximum absolute atomic E-state index is 14.6. The van der Waals surface area contributed by atoms with Crippen LogP contribution in [0.1, 0.15) is 33.7 Å². The van der Waals surface area contributed by atoms with E-state index in [9.17, 15) is 18.8 Å². The molecule has 0 aliphatic heterocycles. The number of fused-ring (bicyclic) bond motifs is 3. The SMILES string of the molecule is CCn1c2ccccc2c2cc(NC(=O)C(Sc3cccc(NC(=O)/C(=C/c4ccccc4F)NC(=O)c4ccccc4)c3)c3ccccc3)ccc21. The first kappa shape index (κ1) is 35.0. The minimum absolute atomic E-state index is 0.137. The highest BCUT2D eigenvalue weighted by Crippen LogP contribution is 2.38. The van der Waals surface area contributed by atoms with Crippen LogP contribution in [0.3, 0.4) is 0 Å². The monoisotopic (exact) mass is 718 g/mol. The number of nitrogens with zero attached hydrogens (tertiary/aromatic N) is 1. The molecule has 0 radical (unpaired) electrons. The van der Waals surface area contributed by atoms with Crippen molar-refractivity contribution in [1.29, 1.82) is 0 Å². The number of aromatic nitrogens is 1. The predicted molar refractivity (Wildman–Crippen MR) is 212 cm³/mol. The number of carbonyl (C=O) groups excluding carboxylic acids is 3. The summed E-state index contributed by atoms with van der Waals surface area (Å²) in [4.78, 5) is 41.5. The number of para-hydroxylation sites is 1. The summed E-state index contributed by atoms with van der Waals surface area (Å²) >= 11 is 1.34. The number of halogens is 1. The summed E-state index contributed by atoms with van der Waals surface area (Å²) < 4.78 is 16.9. The van der Waals surface area contributed by atoms with Crippen LogP contribution >= 0.6 is 11.8 Å². The second-order valence-electron chi connectivity index (χ2n) is 12.3. The molecule has 0 bridgehead atoms. The second kappa shape index (κ2) is 15.8. The first-order valence-electron chi connectivity index (χ1n) is 17.2. The maximum atomic E-state index is 14.6. The zero-order valence-corrected chi connectivity index (χ0v) is 29.6. The zero-order valence-electron chi connectivity index (χ0n) is 28.8. The molecule has 0 saturated carbocycles. The van der Waals surface area contributed by atoms with Gasteiger partial charge in [0.25, 0.3) is 11.8 Å². The van der Waals surface area contributed by atoms with E-state index in [1.54, 1.807) is 60.7 Å². The van der Waals surface area contributed by atoms with Gasteiger partial charge in [-0.25, -0.2) is 4.39 Å². The van der Waals surface area contributed by atoms with Crippen molar-refractivity contribution in [2.24, 2.45) is 0 Å². The van der Waals surface area contributed by atoms with Gasteiger partial charge < -0.3 is 20.5 Å². The molecule has 7 aromatic rings. The Morgan fingerprint density at radius 2 is 1.38 bits per heavy atom. The molecule has 0 saturated heterocycles. The van der Waals surface area contributed by atoms with E-state index in [-0.39, 0.29) is 17.2 Å². The number of aryl methyl sites for hydroxylation is 1. The van der Waals surface area contributed by atoms with Gasteiger partial charge in [0.1, 0.15) is 16.8 Å². The quantitative estimate of drug-likeness (QED) is 0.0918. The van der Waals surface area contributed by atoms with Gasteiger partial charge in [-0.2, -0.15) is 0 Å². The maximum Gasteiger partial charge on any atom is 0.272 e. The Hall–Kier alpha value is -6.45. The van der Waals surface area contributed by atoms with Gasteiger partial charge in [0.2, 0.25) is 5.91 Å². The summed E-state index contributed by atoms with van der Waals surface area (Å²) in [6.07, 6.45) is 1.30. The van der Waals surface area contributed by atoms with Gasteiger partial charge >= 0.3 is 0 Å². The van der Waals surface area contributed by atoms with Gasteiger partial charge in [0.15, 0.2) is 0 Å². The third kappa shape index (κ3) is 7.90. The van der Waals surface area contributed by atoms with Crippen molar-refractivity contribution in [3.8, 4) is 0 Å². The Balaban J connectivity index is 1.13. The van der Waals surface area contributed by atoms with Crippen molar-refractivity contribution in [3.05, 3.63) is 180 Å². The molecule has 3 N–H and O–H groups in total. The van der Waals surface area contributed by atoms with Crippen LogP contribution in [0.5, 0.6) is 0 Å². The van der Waals surface area contributed by atoms with Crippen LogP contribution in [0.4, 0.5) is 15.8 Å². The molecular weight excluding hydrogens is 684 g/mol. The summed E-state index contributed by atoms with van der Waals surface area (Å²) in [7, 11) is 0. The van der Waals surface area contributed by atoms with E-state index >= 15 is 0 Å². The third-order valence-corrected chi connectivity index (χ3v) is 10.0. The molecule has 7 rings (SSSR count). The highest BCUT2D eigenvalue weighted by atomic mass is 32.2. The lowest BCUT2D eigenvalue weighted by Crippen LogP contribution is -2.30.